The van der Waals surface area contributed by atoms with Crippen molar-refractivity contribution in [3.05, 3.63) is 86.9 Å². The van der Waals surface area contributed by atoms with Gasteiger partial charge in [-0.3, -0.25) is 9.59 Å². The summed E-state index contributed by atoms with van der Waals surface area (Å²) in [6.45, 7) is 3.93. The molecule has 2 amide bonds. The highest BCUT2D eigenvalue weighted by molar-refractivity contribution is 6.39. The van der Waals surface area contributed by atoms with Crippen molar-refractivity contribution in [3.63, 3.8) is 0 Å². The zero-order valence-electron chi connectivity index (χ0n) is 18.8. The molecule has 0 saturated carbocycles. The van der Waals surface area contributed by atoms with Crippen LogP contribution in [0.2, 0.25) is 10.0 Å². The summed E-state index contributed by atoms with van der Waals surface area (Å²) in [5, 5.41) is 7.52. The lowest BCUT2D eigenvalue weighted by molar-refractivity contribution is -0.136. The summed E-state index contributed by atoms with van der Waals surface area (Å²) < 4.78 is 11.2. The Morgan fingerprint density at radius 1 is 0.971 bits per heavy atom. The summed E-state index contributed by atoms with van der Waals surface area (Å²) in [7, 11) is 1.51. The highest BCUT2D eigenvalue weighted by Crippen LogP contribution is 2.30. The van der Waals surface area contributed by atoms with Crippen molar-refractivity contribution in [2.75, 3.05) is 12.4 Å². The predicted molar refractivity (Wildman–Crippen MR) is 134 cm³/mol. The Morgan fingerprint density at radius 3 is 2.38 bits per heavy atom. The van der Waals surface area contributed by atoms with Gasteiger partial charge in [0.1, 0.15) is 6.61 Å². The number of aryl methyl sites for hydroxylation is 2. The number of para-hydroxylation sites is 1. The van der Waals surface area contributed by atoms with E-state index in [1.807, 2.05) is 32.0 Å². The van der Waals surface area contributed by atoms with Gasteiger partial charge in [0.25, 0.3) is 0 Å². The van der Waals surface area contributed by atoms with Crippen molar-refractivity contribution in [1.82, 2.24) is 5.43 Å². The predicted octanol–water partition coefficient (Wildman–Crippen LogP) is 5.29. The molecule has 0 saturated heterocycles. The number of nitrogens with one attached hydrogen (secondary N) is 2. The van der Waals surface area contributed by atoms with Gasteiger partial charge >= 0.3 is 11.8 Å². The van der Waals surface area contributed by atoms with Crippen LogP contribution >= 0.6 is 23.2 Å². The van der Waals surface area contributed by atoms with Crippen molar-refractivity contribution in [2.24, 2.45) is 5.10 Å². The van der Waals surface area contributed by atoms with Crippen LogP contribution < -0.4 is 20.2 Å². The number of ether oxygens (including phenoxy) is 2. The third kappa shape index (κ3) is 6.50. The van der Waals surface area contributed by atoms with Gasteiger partial charge in [-0.15, -0.1) is 0 Å². The Kier molecular flexibility index (Phi) is 8.51. The molecule has 0 fully saturated rings. The van der Waals surface area contributed by atoms with Gasteiger partial charge < -0.3 is 14.8 Å². The fraction of sp³-hybridized carbons (Fsp3) is 0.160. The van der Waals surface area contributed by atoms with E-state index < -0.39 is 11.8 Å². The molecule has 0 bridgehead atoms. The number of hydrazone groups is 1. The average molecular weight is 500 g/mol. The highest BCUT2D eigenvalue weighted by atomic mass is 35.5. The van der Waals surface area contributed by atoms with Gasteiger partial charge in [-0.05, 0) is 60.9 Å². The number of carbonyl (C=O) groups excluding carboxylic acids is 2. The number of anilines is 1. The molecule has 0 atom stereocenters. The number of carbonyl (C=O) groups is 2. The molecule has 3 aromatic carbocycles. The van der Waals surface area contributed by atoms with Crippen molar-refractivity contribution < 1.29 is 19.1 Å². The number of rotatable bonds is 7. The Labute approximate surface area is 207 Å². The molecule has 0 spiro atoms. The first-order valence-electron chi connectivity index (χ1n) is 10.2. The Bertz CT molecular complexity index is 1220. The number of nitrogens with zero attached hydrogens (tertiary/aromatic N) is 1. The molecule has 3 aromatic rings. The van der Waals surface area contributed by atoms with Gasteiger partial charge in [-0.2, -0.15) is 5.10 Å². The third-order valence-electron chi connectivity index (χ3n) is 4.89. The normalized spacial score (nSPS) is 10.7. The largest absolute Gasteiger partial charge is 0.493 e. The molecule has 0 heterocycles. The molecule has 2 N–H and O–H groups in total. The second-order valence-electron chi connectivity index (χ2n) is 7.35. The van der Waals surface area contributed by atoms with Crippen molar-refractivity contribution in [1.29, 1.82) is 0 Å². The molecular formula is C25H23Cl2N3O4. The molecule has 34 heavy (non-hydrogen) atoms. The first-order chi connectivity index (χ1) is 16.3. The minimum absolute atomic E-state index is 0.228. The topological polar surface area (TPSA) is 89.0 Å². The number of hydrogen-bond acceptors (Lipinski definition) is 5. The quantitative estimate of drug-likeness (QED) is 0.262. The molecule has 7 nitrogen and oxygen atoms in total. The van der Waals surface area contributed by atoms with Gasteiger partial charge in [0.2, 0.25) is 0 Å². The van der Waals surface area contributed by atoms with E-state index in [0.29, 0.717) is 32.8 Å². The van der Waals surface area contributed by atoms with E-state index in [4.69, 9.17) is 32.7 Å². The van der Waals surface area contributed by atoms with Gasteiger partial charge in [0, 0.05) is 21.3 Å². The average Bonchev–Trinajstić information content (AvgIpc) is 2.81. The van der Waals surface area contributed by atoms with Crippen LogP contribution in [0.5, 0.6) is 11.5 Å². The van der Waals surface area contributed by atoms with E-state index >= 15 is 0 Å². The standard InChI is InChI=1S/C25H23Cl2N3O4/c1-15-5-4-6-16(2)23(15)29-24(31)25(32)30-28-13-17-7-10-21(22(11-17)33-3)34-14-18-8-9-19(26)12-20(18)27/h4-13H,14H2,1-3H3,(H,29,31)(H,30,32)/b28-13-. The summed E-state index contributed by atoms with van der Waals surface area (Å²) in [4.78, 5) is 24.3. The summed E-state index contributed by atoms with van der Waals surface area (Å²) in [6.07, 6.45) is 1.40. The van der Waals surface area contributed by atoms with Crippen LogP contribution in [-0.4, -0.2) is 25.1 Å². The zero-order valence-corrected chi connectivity index (χ0v) is 20.3. The van der Waals surface area contributed by atoms with Gasteiger partial charge in [-0.25, -0.2) is 5.43 Å². The zero-order chi connectivity index (χ0) is 24.7. The molecular weight excluding hydrogens is 477 g/mol. The maximum absolute atomic E-state index is 12.2. The van der Waals surface area contributed by atoms with Gasteiger partial charge in [0.15, 0.2) is 11.5 Å². The SMILES string of the molecule is COc1cc(/C=N\NC(=O)C(=O)Nc2c(C)cccc2C)ccc1OCc1ccc(Cl)cc1Cl. The molecule has 0 aliphatic carbocycles. The van der Waals surface area contributed by atoms with Crippen LogP contribution in [0.15, 0.2) is 59.7 Å². The van der Waals surface area contributed by atoms with Crippen molar-refractivity contribution in [2.45, 2.75) is 20.5 Å². The molecule has 176 valence electrons. The Morgan fingerprint density at radius 2 is 1.71 bits per heavy atom. The number of amides is 2. The van der Waals surface area contributed by atoms with Crippen molar-refractivity contribution in [3.8, 4) is 11.5 Å². The maximum atomic E-state index is 12.2. The summed E-state index contributed by atoms with van der Waals surface area (Å²) >= 11 is 12.1. The lowest BCUT2D eigenvalue weighted by Gasteiger charge is -2.12. The Balaban J connectivity index is 1.60. The minimum Gasteiger partial charge on any atom is -0.493 e. The van der Waals surface area contributed by atoms with Crippen molar-refractivity contribution >= 4 is 46.9 Å². The van der Waals surface area contributed by atoms with Crippen LogP contribution in [-0.2, 0) is 16.2 Å². The lowest BCUT2D eigenvalue weighted by Crippen LogP contribution is -2.32. The first kappa shape index (κ1) is 25.1. The second-order valence-corrected chi connectivity index (χ2v) is 8.20. The van der Waals surface area contributed by atoms with Crippen LogP contribution in [0.4, 0.5) is 5.69 Å². The second kappa shape index (κ2) is 11.5. The van der Waals surface area contributed by atoms with Gasteiger partial charge in [0.05, 0.1) is 13.3 Å². The molecule has 3 rings (SSSR count). The Hall–Kier alpha value is -3.55. The lowest BCUT2D eigenvalue weighted by atomic mass is 10.1. The van der Waals surface area contributed by atoms with Gasteiger partial charge in [-0.1, -0.05) is 47.5 Å². The minimum atomic E-state index is -0.884. The molecule has 0 unspecified atom stereocenters. The molecule has 0 radical (unpaired) electrons. The summed E-state index contributed by atoms with van der Waals surface area (Å²) in [5.74, 6) is -0.724. The van der Waals surface area contributed by atoms with Crippen LogP contribution in [0.1, 0.15) is 22.3 Å². The third-order valence-corrected chi connectivity index (χ3v) is 5.48. The van der Waals surface area contributed by atoms with E-state index in [2.05, 4.69) is 15.8 Å². The first-order valence-corrected chi connectivity index (χ1v) is 11.0. The van der Waals surface area contributed by atoms with E-state index in [9.17, 15) is 9.59 Å². The van der Waals surface area contributed by atoms with Crippen LogP contribution in [0.25, 0.3) is 0 Å². The van der Waals surface area contributed by atoms with E-state index in [0.717, 1.165) is 16.7 Å². The van der Waals surface area contributed by atoms with Crippen LogP contribution in [0, 0.1) is 13.8 Å². The maximum Gasteiger partial charge on any atom is 0.329 e. The summed E-state index contributed by atoms with van der Waals surface area (Å²) in [5.41, 5.74) is 5.95. The number of hydrogen-bond donors (Lipinski definition) is 2. The van der Waals surface area contributed by atoms with Crippen LogP contribution in [0.3, 0.4) is 0 Å². The fourth-order valence-electron chi connectivity index (χ4n) is 3.08. The number of methoxy groups -OCH3 is 1. The molecule has 0 aliphatic rings. The molecule has 9 heteroatoms. The van der Waals surface area contributed by atoms with E-state index in [1.165, 1.54) is 13.3 Å². The molecule has 0 aliphatic heterocycles. The number of benzene rings is 3. The molecule has 0 aromatic heterocycles. The van der Waals surface area contributed by atoms with E-state index in [1.54, 1.807) is 36.4 Å². The summed E-state index contributed by atoms with van der Waals surface area (Å²) in [6, 6.07) is 15.9. The fourth-order valence-corrected chi connectivity index (χ4v) is 3.54. The monoisotopic (exact) mass is 499 g/mol. The number of halogens is 2. The smallest absolute Gasteiger partial charge is 0.329 e. The highest BCUT2D eigenvalue weighted by Gasteiger charge is 2.15. The van der Waals surface area contributed by atoms with E-state index in [-0.39, 0.29) is 6.61 Å².